The molecule has 0 bridgehead atoms. The highest BCUT2D eigenvalue weighted by Crippen LogP contribution is 2.36. The molecule has 6 heteroatoms. The molecule has 0 fully saturated rings. The van der Waals surface area contributed by atoms with Crippen LogP contribution in [0.2, 0.25) is 0 Å². The molecule has 2 aromatic carbocycles. The van der Waals surface area contributed by atoms with Gasteiger partial charge in [0.2, 0.25) is 0 Å². The molecule has 2 aromatic rings. The summed E-state index contributed by atoms with van der Waals surface area (Å²) in [7, 11) is 1.79. The fourth-order valence-corrected chi connectivity index (χ4v) is 3.39. The third-order valence-corrected chi connectivity index (χ3v) is 4.69. The average Bonchev–Trinajstić information content (AvgIpc) is 2.61. The maximum Gasteiger partial charge on any atom is 0.325 e. The Bertz CT molecular complexity index is 874. The zero-order chi connectivity index (χ0) is 20.5. The second-order valence-corrected chi connectivity index (χ2v) is 8.27. The van der Waals surface area contributed by atoms with Crippen molar-refractivity contribution in [2.45, 2.75) is 45.8 Å². The van der Waals surface area contributed by atoms with Crippen molar-refractivity contribution in [3.05, 3.63) is 59.7 Å². The van der Waals surface area contributed by atoms with Crippen LogP contribution in [0.5, 0.6) is 0 Å². The van der Waals surface area contributed by atoms with Gasteiger partial charge in [-0.1, -0.05) is 30.3 Å². The molecule has 0 saturated heterocycles. The van der Waals surface area contributed by atoms with E-state index in [1.165, 1.54) is 0 Å². The zero-order valence-corrected chi connectivity index (χ0v) is 17.1. The van der Waals surface area contributed by atoms with E-state index in [0.29, 0.717) is 12.2 Å². The van der Waals surface area contributed by atoms with E-state index in [4.69, 9.17) is 0 Å². The molecule has 1 heterocycles. The first-order valence-electron chi connectivity index (χ1n) is 9.47. The molecule has 1 atom stereocenters. The van der Waals surface area contributed by atoms with Gasteiger partial charge >= 0.3 is 12.1 Å². The number of urea groups is 2. The summed E-state index contributed by atoms with van der Waals surface area (Å²) in [4.78, 5) is 28.6. The van der Waals surface area contributed by atoms with Gasteiger partial charge in [-0.2, -0.15) is 0 Å². The molecule has 3 rings (SSSR count). The van der Waals surface area contributed by atoms with E-state index >= 15 is 0 Å². The maximum absolute atomic E-state index is 12.9. The third kappa shape index (κ3) is 4.27. The fourth-order valence-electron chi connectivity index (χ4n) is 3.39. The van der Waals surface area contributed by atoms with E-state index in [1.54, 1.807) is 11.9 Å². The van der Waals surface area contributed by atoms with E-state index < -0.39 is 0 Å². The Labute approximate surface area is 166 Å². The van der Waals surface area contributed by atoms with Gasteiger partial charge < -0.3 is 15.5 Å². The lowest BCUT2D eigenvalue weighted by Crippen LogP contribution is -2.46. The predicted molar refractivity (Wildman–Crippen MR) is 113 cm³/mol. The number of nitrogens with one attached hydrogen (secondary N) is 2. The smallest absolute Gasteiger partial charge is 0.325 e. The molecule has 0 radical (unpaired) electrons. The lowest BCUT2D eigenvalue weighted by atomic mass is 10.0. The number of fused-ring (bicyclic) bond motifs is 1. The quantitative estimate of drug-likeness (QED) is 0.808. The van der Waals surface area contributed by atoms with Crippen LogP contribution in [0, 0.1) is 0 Å². The number of carbonyl (C=O) groups is 2. The number of anilines is 2. The molecule has 2 N–H and O–H groups in total. The molecule has 0 spiro atoms. The second-order valence-electron chi connectivity index (χ2n) is 8.27. The minimum atomic E-state index is -0.313. The second kappa shape index (κ2) is 7.54. The van der Waals surface area contributed by atoms with Crippen LogP contribution in [-0.2, 0) is 6.54 Å². The first kappa shape index (κ1) is 19.7. The Balaban J connectivity index is 1.89. The van der Waals surface area contributed by atoms with Crippen molar-refractivity contribution in [3.8, 4) is 0 Å². The highest BCUT2D eigenvalue weighted by molar-refractivity contribution is 5.96. The Hall–Kier alpha value is -3.02. The Morgan fingerprint density at radius 2 is 1.79 bits per heavy atom. The van der Waals surface area contributed by atoms with Gasteiger partial charge in [0.05, 0.1) is 11.7 Å². The number of amides is 4. The molecular formula is C22H28N4O2. The minimum Gasteiger partial charge on any atom is -0.333 e. The van der Waals surface area contributed by atoms with E-state index in [1.807, 2.05) is 81.1 Å². The molecule has 0 saturated carbocycles. The van der Waals surface area contributed by atoms with E-state index in [2.05, 4.69) is 10.6 Å². The number of nitrogens with zero attached hydrogens (tertiary/aromatic N) is 2. The number of carbonyl (C=O) groups excluding carboxylic acids is 2. The predicted octanol–water partition coefficient (Wildman–Crippen LogP) is 4.74. The standard InChI is InChI=1S/C22H28N4O2/c1-15(16-9-7-6-8-10-16)26-19-12-11-18(23-20(27)24-22(2,3)4)13-17(19)14-25(5)21(26)28/h6-13,15H,14H2,1-5H3,(H2,23,24,27)/t15-/m1/s1. The van der Waals surface area contributed by atoms with Gasteiger partial charge in [-0.25, -0.2) is 9.59 Å². The van der Waals surface area contributed by atoms with E-state index in [9.17, 15) is 9.59 Å². The Morgan fingerprint density at radius 3 is 2.43 bits per heavy atom. The lowest BCUT2D eigenvalue weighted by Gasteiger charge is -2.39. The van der Waals surface area contributed by atoms with Crippen molar-refractivity contribution in [3.63, 3.8) is 0 Å². The summed E-state index contributed by atoms with van der Waals surface area (Å²) in [5.41, 5.74) is 3.34. The molecular weight excluding hydrogens is 352 g/mol. The number of rotatable bonds is 3. The summed E-state index contributed by atoms with van der Waals surface area (Å²) in [6.07, 6.45) is 0. The van der Waals surface area contributed by atoms with Gasteiger partial charge in [0.25, 0.3) is 0 Å². The van der Waals surface area contributed by atoms with Crippen molar-refractivity contribution < 1.29 is 9.59 Å². The van der Waals surface area contributed by atoms with Crippen molar-refractivity contribution in [2.75, 3.05) is 17.3 Å². The average molecular weight is 380 g/mol. The fraction of sp³-hybridized carbons (Fsp3) is 0.364. The summed E-state index contributed by atoms with van der Waals surface area (Å²) < 4.78 is 0. The van der Waals surface area contributed by atoms with Crippen LogP contribution in [0.3, 0.4) is 0 Å². The van der Waals surface area contributed by atoms with Crippen LogP contribution in [0.25, 0.3) is 0 Å². The highest BCUT2D eigenvalue weighted by atomic mass is 16.2. The Morgan fingerprint density at radius 1 is 1.11 bits per heavy atom. The van der Waals surface area contributed by atoms with Gasteiger partial charge in [-0.05, 0) is 57.0 Å². The maximum atomic E-state index is 12.9. The van der Waals surface area contributed by atoms with Gasteiger partial charge in [0.15, 0.2) is 0 Å². The van der Waals surface area contributed by atoms with Crippen molar-refractivity contribution in [1.29, 1.82) is 0 Å². The molecule has 1 aliphatic rings. The summed E-state index contributed by atoms with van der Waals surface area (Å²) in [6.45, 7) is 8.33. The zero-order valence-electron chi connectivity index (χ0n) is 17.1. The summed E-state index contributed by atoms with van der Waals surface area (Å²) >= 11 is 0. The normalized spacial score (nSPS) is 15.1. The molecule has 28 heavy (non-hydrogen) atoms. The Kier molecular flexibility index (Phi) is 5.31. The minimum absolute atomic E-state index is 0.0324. The number of hydrogen-bond acceptors (Lipinski definition) is 2. The van der Waals surface area contributed by atoms with Crippen molar-refractivity contribution in [1.82, 2.24) is 10.2 Å². The first-order chi connectivity index (χ1) is 13.2. The van der Waals surface area contributed by atoms with Crippen LogP contribution < -0.4 is 15.5 Å². The molecule has 1 aliphatic heterocycles. The molecule has 0 unspecified atom stereocenters. The molecule has 0 aliphatic carbocycles. The SMILES string of the molecule is C[C@H](c1ccccc1)N1C(=O)N(C)Cc2cc(NC(=O)NC(C)(C)C)ccc21. The van der Waals surface area contributed by atoms with Gasteiger partial charge in [-0.3, -0.25) is 4.90 Å². The van der Waals surface area contributed by atoms with Crippen molar-refractivity contribution in [2.24, 2.45) is 0 Å². The summed E-state index contributed by atoms with van der Waals surface area (Å²) in [5, 5.41) is 5.77. The third-order valence-electron chi connectivity index (χ3n) is 4.69. The largest absolute Gasteiger partial charge is 0.333 e. The monoisotopic (exact) mass is 380 g/mol. The molecule has 6 nitrogen and oxygen atoms in total. The van der Waals surface area contributed by atoms with Crippen LogP contribution >= 0.6 is 0 Å². The van der Waals surface area contributed by atoms with Crippen LogP contribution in [0.15, 0.2) is 48.5 Å². The molecule has 4 amide bonds. The first-order valence-corrected chi connectivity index (χ1v) is 9.47. The van der Waals surface area contributed by atoms with Crippen LogP contribution in [0.4, 0.5) is 21.0 Å². The summed E-state index contributed by atoms with van der Waals surface area (Å²) in [5.74, 6) is 0. The van der Waals surface area contributed by atoms with Crippen LogP contribution in [-0.4, -0.2) is 29.5 Å². The lowest BCUT2D eigenvalue weighted by molar-refractivity contribution is 0.208. The topological polar surface area (TPSA) is 64.7 Å². The molecule has 0 aromatic heterocycles. The van der Waals surface area contributed by atoms with Gasteiger partial charge in [-0.15, -0.1) is 0 Å². The van der Waals surface area contributed by atoms with Crippen molar-refractivity contribution >= 4 is 23.4 Å². The van der Waals surface area contributed by atoms with E-state index in [-0.39, 0.29) is 23.6 Å². The number of hydrogen-bond donors (Lipinski definition) is 2. The molecule has 148 valence electrons. The van der Waals surface area contributed by atoms with Crippen LogP contribution in [0.1, 0.15) is 44.9 Å². The number of benzene rings is 2. The van der Waals surface area contributed by atoms with E-state index in [0.717, 1.165) is 16.8 Å². The van der Waals surface area contributed by atoms with Gasteiger partial charge in [0.1, 0.15) is 0 Å². The highest BCUT2D eigenvalue weighted by Gasteiger charge is 2.32. The van der Waals surface area contributed by atoms with Gasteiger partial charge in [0, 0.05) is 24.8 Å². The summed E-state index contributed by atoms with van der Waals surface area (Å²) in [6, 6.07) is 15.3.